The predicted octanol–water partition coefficient (Wildman–Crippen LogP) is 6.03. The molecule has 0 bridgehead atoms. The zero-order chi connectivity index (χ0) is 24.4. The molecule has 3 aromatic rings. The molecule has 0 saturated carbocycles. The highest BCUT2D eigenvalue weighted by molar-refractivity contribution is 6.51. The van der Waals surface area contributed by atoms with Gasteiger partial charge >= 0.3 is 0 Å². The minimum Gasteiger partial charge on any atom is -0.507 e. The molecule has 1 aliphatic rings. The molecule has 8 heteroatoms. The lowest BCUT2D eigenvalue weighted by Crippen LogP contribution is -2.29. The number of amides is 1. The van der Waals surface area contributed by atoms with Crippen LogP contribution in [0.5, 0.6) is 11.5 Å². The monoisotopic (exact) mass is 497 g/mol. The van der Waals surface area contributed by atoms with Crippen LogP contribution >= 0.6 is 23.2 Å². The lowest BCUT2D eigenvalue weighted by molar-refractivity contribution is -0.132. The van der Waals surface area contributed by atoms with Crippen molar-refractivity contribution in [2.75, 3.05) is 18.6 Å². The van der Waals surface area contributed by atoms with E-state index >= 15 is 0 Å². The molecular weight excluding hydrogens is 477 g/mol. The van der Waals surface area contributed by atoms with E-state index in [0.717, 1.165) is 0 Å². The van der Waals surface area contributed by atoms with E-state index in [1.165, 1.54) is 24.1 Å². The number of carbonyl (C=O) groups is 2. The standard InChI is InChI=1S/C26H21Cl2NO5/c1-3-34-18-11-9-15(10-12-18)22-21(23(30)16-13-19(27)25(33-2)20(28)14-16)24(31)26(32)29(22)17-7-5-4-6-8-17/h4-14,22,30H,3H2,1-2H3/b23-21+. The molecule has 4 rings (SSSR count). The number of aliphatic hydroxyl groups excluding tert-OH is 1. The normalized spacial score (nSPS) is 17.2. The van der Waals surface area contributed by atoms with Gasteiger partial charge in [0.25, 0.3) is 11.7 Å². The Bertz CT molecular complexity index is 1250. The summed E-state index contributed by atoms with van der Waals surface area (Å²) in [7, 11) is 1.42. The van der Waals surface area contributed by atoms with Gasteiger partial charge in [-0.3, -0.25) is 14.5 Å². The van der Waals surface area contributed by atoms with Gasteiger partial charge in [-0.25, -0.2) is 0 Å². The number of anilines is 1. The van der Waals surface area contributed by atoms with Crippen molar-refractivity contribution in [2.24, 2.45) is 0 Å². The molecule has 1 fully saturated rings. The summed E-state index contributed by atoms with van der Waals surface area (Å²) in [6.07, 6.45) is 0. The highest BCUT2D eigenvalue weighted by Gasteiger charge is 2.47. The SMILES string of the molecule is CCOc1ccc(C2/C(=C(\O)c3cc(Cl)c(OC)c(Cl)c3)C(=O)C(=O)N2c2ccccc2)cc1. The molecule has 1 atom stereocenters. The Kier molecular flexibility index (Phi) is 6.82. The minimum absolute atomic E-state index is 0.0738. The number of hydrogen-bond donors (Lipinski definition) is 1. The van der Waals surface area contributed by atoms with Crippen molar-refractivity contribution >= 4 is 46.3 Å². The molecule has 1 N–H and O–H groups in total. The summed E-state index contributed by atoms with van der Waals surface area (Å²) in [6.45, 7) is 2.38. The largest absolute Gasteiger partial charge is 0.507 e. The van der Waals surface area contributed by atoms with Gasteiger partial charge in [-0.2, -0.15) is 0 Å². The van der Waals surface area contributed by atoms with Crippen molar-refractivity contribution < 1.29 is 24.2 Å². The Hall–Kier alpha value is -3.48. The lowest BCUT2D eigenvalue weighted by atomic mass is 9.95. The molecule has 1 aliphatic heterocycles. The van der Waals surface area contributed by atoms with Crippen LogP contribution in [0.15, 0.2) is 72.3 Å². The van der Waals surface area contributed by atoms with Gasteiger partial charge in [0.15, 0.2) is 5.75 Å². The molecule has 0 radical (unpaired) electrons. The summed E-state index contributed by atoms with van der Waals surface area (Å²) in [5, 5.41) is 11.6. The van der Waals surface area contributed by atoms with E-state index in [9.17, 15) is 14.7 Å². The van der Waals surface area contributed by atoms with E-state index in [4.69, 9.17) is 32.7 Å². The molecule has 34 heavy (non-hydrogen) atoms. The van der Waals surface area contributed by atoms with Crippen molar-refractivity contribution in [1.29, 1.82) is 0 Å². The maximum Gasteiger partial charge on any atom is 0.300 e. The van der Waals surface area contributed by atoms with Crippen molar-refractivity contribution in [3.8, 4) is 11.5 Å². The van der Waals surface area contributed by atoms with Crippen LogP contribution in [0.25, 0.3) is 5.76 Å². The first-order valence-corrected chi connectivity index (χ1v) is 11.2. The molecule has 1 saturated heterocycles. The lowest BCUT2D eigenvalue weighted by Gasteiger charge is -2.25. The van der Waals surface area contributed by atoms with Crippen LogP contribution in [-0.4, -0.2) is 30.5 Å². The zero-order valence-electron chi connectivity index (χ0n) is 18.4. The van der Waals surface area contributed by atoms with Gasteiger partial charge in [0.05, 0.1) is 35.4 Å². The summed E-state index contributed by atoms with van der Waals surface area (Å²) >= 11 is 12.5. The van der Waals surface area contributed by atoms with E-state index in [1.807, 2.05) is 13.0 Å². The molecule has 1 amide bonds. The Balaban J connectivity index is 1.92. The van der Waals surface area contributed by atoms with E-state index in [0.29, 0.717) is 23.6 Å². The third-order valence-corrected chi connectivity index (χ3v) is 6.02. The summed E-state index contributed by atoms with van der Waals surface area (Å²) in [5.74, 6) is -1.06. The van der Waals surface area contributed by atoms with Crippen LogP contribution in [0.3, 0.4) is 0 Å². The van der Waals surface area contributed by atoms with Gasteiger partial charge in [-0.05, 0) is 48.9 Å². The van der Waals surface area contributed by atoms with Crippen LogP contribution in [-0.2, 0) is 9.59 Å². The van der Waals surface area contributed by atoms with E-state index in [2.05, 4.69) is 0 Å². The third kappa shape index (κ3) is 4.22. The minimum atomic E-state index is -0.877. The number of hydrogen-bond acceptors (Lipinski definition) is 5. The Labute approximate surface area is 206 Å². The van der Waals surface area contributed by atoms with Crippen molar-refractivity contribution in [3.63, 3.8) is 0 Å². The second-order valence-electron chi connectivity index (χ2n) is 7.48. The number of Topliss-reactive ketones (excluding diaryl/α,β-unsaturated/α-hetero) is 1. The van der Waals surface area contributed by atoms with Crippen LogP contribution in [0.2, 0.25) is 10.0 Å². The number of halogens is 2. The number of methoxy groups -OCH3 is 1. The second kappa shape index (κ2) is 9.79. The molecule has 0 aromatic heterocycles. The van der Waals surface area contributed by atoms with Crippen molar-refractivity contribution in [3.05, 3.63) is 93.5 Å². The average molecular weight is 498 g/mol. The Morgan fingerprint density at radius 1 is 1.00 bits per heavy atom. The molecule has 1 heterocycles. The average Bonchev–Trinajstić information content (AvgIpc) is 3.10. The maximum absolute atomic E-state index is 13.2. The molecule has 0 spiro atoms. The number of rotatable bonds is 6. The van der Waals surface area contributed by atoms with Crippen molar-refractivity contribution in [1.82, 2.24) is 0 Å². The second-order valence-corrected chi connectivity index (χ2v) is 8.29. The van der Waals surface area contributed by atoms with Crippen molar-refractivity contribution in [2.45, 2.75) is 13.0 Å². The Morgan fingerprint density at radius 2 is 1.62 bits per heavy atom. The fourth-order valence-electron chi connectivity index (χ4n) is 3.96. The number of carbonyl (C=O) groups excluding carboxylic acids is 2. The Morgan fingerprint density at radius 3 is 2.18 bits per heavy atom. The van der Waals surface area contributed by atoms with Gasteiger partial charge in [-0.15, -0.1) is 0 Å². The number of para-hydroxylation sites is 1. The number of nitrogens with zero attached hydrogens (tertiary/aromatic N) is 1. The topological polar surface area (TPSA) is 76.1 Å². The van der Waals surface area contributed by atoms with Crippen LogP contribution in [0, 0.1) is 0 Å². The predicted molar refractivity (Wildman–Crippen MR) is 132 cm³/mol. The quantitative estimate of drug-likeness (QED) is 0.255. The summed E-state index contributed by atoms with van der Waals surface area (Å²) in [4.78, 5) is 27.8. The van der Waals surface area contributed by atoms with Crippen LogP contribution in [0.4, 0.5) is 5.69 Å². The van der Waals surface area contributed by atoms with E-state index < -0.39 is 17.7 Å². The van der Waals surface area contributed by atoms with Crippen LogP contribution in [0.1, 0.15) is 24.1 Å². The molecule has 174 valence electrons. The molecular formula is C26H21Cl2NO5. The summed E-state index contributed by atoms with van der Waals surface area (Å²) < 4.78 is 10.7. The number of ether oxygens (including phenoxy) is 2. The number of benzene rings is 3. The van der Waals surface area contributed by atoms with Crippen LogP contribution < -0.4 is 14.4 Å². The fourth-order valence-corrected chi connectivity index (χ4v) is 4.60. The highest BCUT2D eigenvalue weighted by Crippen LogP contribution is 2.44. The first-order chi connectivity index (χ1) is 16.4. The number of ketones is 1. The first-order valence-electron chi connectivity index (χ1n) is 10.5. The van der Waals surface area contributed by atoms with Gasteiger partial charge in [0, 0.05) is 11.3 Å². The third-order valence-electron chi connectivity index (χ3n) is 5.46. The van der Waals surface area contributed by atoms with E-state index in [-0.39, 0.29) is 32.7 Å². The summed E-state index contributed by atoms with van der Waals surface area (Å²) in [6, 6.07) is 17.8. The summed E-state index contributed by atoms with van der Waals surface area (Å²) in [5.41, 5.74) is 1.26. The molecule has 0 aliphatic carbocycles. The van der Waals surface area contributed by atoms with Gasteiger partial charge in [0.1, 0.15) is 11.5 Å². The zero-order valence-corrected chi connectivity index (χ0v) is 19.9. The van der Waals surface area contributed by atoms with Gasteiger partial charge in [0.2, 0.25) is 0 Å². The smallest absolute Gasteiger partial charge is 0.300 e. The highest BCUT2D eigenvalue weighted by atomic mass is 35.5. The fraction of sp³-hybridized carbons (Fsp3) is 0.154. The number of aliphatic hydroxyl groups is 1. The molecule has 1 unspecified atom stereocenters. The molecule has 3 aromatic carbocycles. The van der Waals surface area contributed by atoms with Gasteiger partial charge < -0.3 is 14.6 Å². The van der Waals surface area contributed by atoms with E-state index in [1.54, 1.807) is 48.5 Å². The first kappa shape index (κ1) is 23.7. The maximum atomic E-state index is 13.2. The molecule has 6 nitrogen and oxygen atoms in total. The van der Waals surface area contributed by atoms with Gasteiger partial charge in [-0.1, -0.05) is 53.5 Å².